The van der Waals surface area contributed by atoms with Crippen molar-refractivity contribution in [3.8, 4) is 0 Å². The fraction of sp³-hybridized carbons (Fsp3) is 0.684. The highest BCUT2D eigenvalue weighted by Gasteiger charge is 2.27. The van der Waals surface area contributed by atoms with Crippen LogP contribution in [0.5, 0.6) is 0 Å². The van der Waals surface area contributed by atoms with Gasteiger partial charge in [-0.05, 0) is 44.8 Å². The standard InChI is InChI=1S/C19H30N8/c1-20-16-8-9-21-19(22-16)27-12-6-7-15(13-27)18-24-23-17(25(18)2)14-26-10-4-3-5-11-26/h8-9,15H,3-7,10-14H2,1-2H3,(H,20,21,22). The Morgan fingerprint density at radius 3 is 2.78 bits per heavy atom. The minimum absolute atomic E-state index is 0.369. The van der Waals surface area contributed by atoms with Crippen LogP contribution in [0.3, 0.4) is 0 Å². The van der Waals surface area contributed by atoms with Crippen molar-refractivity contribution in [2.75, 3.05) is 43.4 Å². The zero-order valence-corrected chi connectivity index (χ0v) is 16.4. The van der Waals surface area contributed by atoms with Gasteiger partial charge in [0.1, 0.15) is 17.5 Å². The van der Waals surface area contributed by atoms with Crippen molar-refractivity contribution in [1.82, 2.24) is 29.6 Å². The van der Waals surface area contributed by atoms with E-state index in [1.807, 2.05) is 19.3 Å². The molecular formula is C19H30N8. The lowest BCUT2D eigenvalue weighted by atomic mass is 9.97. The molecule has 27 heavy (non-hydrogen) atoms. The molecule has 8 heteroatoms. The summed E-state index contributed by atoms with van der Waals surface area (Å²) in [6.45, 7) is 5.15. The largest absolute Gasteiger partial charge is 0.373 e. The van der Waals surface area contributed by atoms with Crippen molar-refractivity contribution in [2.24, 2.45) is 7.05 Å². The number of hydrogen-bond donors (Lipinski definition) is 1. The quantitative estimate of drug-likeness (QED) is 0.863. The van der Waals surface area contributed by atoms with Crippen LogP contribution in [-0.2, 0) is 13.6 Å². The minimum Gasteiger partial charge on any atom is -0.373 e. The summed E-state index contributed by atoms with van der Waals surface area (Å²) in [7, 11) is 4.00. The third kappa shape index (κ3) is 4.05. The molecular weight excluding hydrogens is 340 g/mol. The normalized spacial score (nSPS) is 21.4. The number of piperidine rings is 2. The molecule has 0 spiro atoms. The molecule has 0 aliphatic carbocycles. The summed E-state index contributed by atoms with van der Waals surface area (Å²) in [6.07, 6.45) is 8.03. The fourth-order valence-corrected chi connectivity index (χ4v) is 4.20. The van der Waals surface area contributed by atoms with Gasteiger partial charge in [0.15, 0.2) is 0 Å². The number of nitrogens with zero attached hydrogens (tertiary/aromatic N) is 7. The Morgan fingerprint density at radius 2 is 1.96 bits per heavy atom. The maximum atomic E-state index is 4.60. The summed E-state index contributed by atoms with van der Waals surface area (Å²) in [6, 6.07) is 1.89. The lowest BCUT2D eigenvalue weighted by Gasteiger charge is -2.32. The lowest BCUT2D eigenvalue weighted by Crippen LogP contribution is -2.36. The van der Waals surface area contributed by atoms with Crippen LogP contribution in [0.25, 0.3) is 0 Å². The Bertz CT molecular complexity index is 752. The van der Waals surface area contributed by atoms with E-state index in [4.69, 9.17) is 0 Å². The molecule has 1 unspecified atom stereocenters. The fourth-order valence-electron chi connectivity index (χ4n) is 4.20. The number of aromatic nitrogens is 5. The van der Waals surface area contributed by atoms with E-state index < -0.39 is 0 Å². The number of rotatable bonds is 5. The summed E-state index contributed by atoms with van der Waals surface area (Å²) in [4.78, 5) is 13.8. The van der Waals surface area contributed by atoms with Crippen molar-refractivity contribution in [2.45, 2.75) is 44.6 Å². The molecule has 2 aromatic heterocycles. The van der Waals surface area contributed by atoms with Gasteiger partial charge in [0, 0.05) is 39.3 Å². The zero-order valence-electron chi connectivity index (χ0n) is 16.4. The topological polar surface area (TPSA) is 75.0 Å². The van der Waals surface area contributed by atoms with Gasteiger partial charge in [-0.25, -0.2) is 4.98 Å². The molecule has 2 aliphatic heterocycles. The SMILES string of the molecule is CNc1ccnc(N2CCCC(c3nnc(CN4CCCCC4)n3C)C2)n1. The molecule has 4 heterocycles. The van der Waals surface area contributed by atoms with Crippen LogP contribution in [0.2, 0.25) is 0 Å². The Balaban J connectivity index is 1.46. The average Bonchev–Trinajstić information content (AvgIpc) is 3.09. The molecule has 0 aromatic carbocycles. The molecule has 0 bridgehead atoms. The number of anilines is 2. The molecule has 0 amide bonds. The van der Waals surface area contributed by atoms with Gasteiger partial charge in [0.05, 0.1) is 6.54 Å². The Hall–Kier alpha value is -2.22. The minimum atomic E-state index is 0.369. The van der Waals surface area contributed by atoms with Gasteiger partial charge < -0.3 is 14.8 Å². The van der Waals surface area contributed by atoms with E-state index in [-0.39, 0.29) is 0 Å². The molecule has 1 atom stereocenters. The van der Waals surface area contributed by atoms with Crippen molar-refractivity contribution < 1.29 is 0 Å². The van der Waals surface area contributed by atoms with Crippen LogP contribution >= 0.6 is 0 Å². The van der Waals surface area contributed by atoms with E-state index in [0.29, 0.717) is 5.92 Å². The molecule has 1 N–H and O–H groups in total. The molecule has 2 fully saturated rings. The van der Waals surface area contributed by atoms with E-state index in [0.717, 1.165) is 55.9 Å². The van der Waals surface area contributed by atoms with Crippen LogP contribution in [0.1, 0.15) is 49.7 Å². The third-order valence-corrected chi connectivity index (χ3v) is 5.78. The number of nitrogens with one attached hydrogen (secondary N) is 1. The van der Waals surface area contributed by atoms with Crippen LogP contribution in [0, 0.1) is 0 Å². The smallest absolute Gasteiger partial charge is 0.227 e. The predicted octanol–water partition coefficient (Wildman–Crippen LogP) is 2.02. The average molecular weight is 371 g/mol. The third-order valence-electron chi connectivity index (χ3n) is 5.78. The number of likely N-dealkylation sites (tertiary alicyclic amines) is 1. The highest BCUT2D eigenvalue weighted by atomic mass is 15.3. The number of hydrogen-bond acceptors (Lipinski definition) is 7. The molecule has 2 aromatic rings. The van der Waals surface area contributed by atoms with Crippen LogP contribution in [0.15, 0.2) is 12.3 Å². The van der Waals surface area contributed by atoms with Gasteiger partial charge in [0.25, 0.3) is 0 Å². The van der Waals surface area contributed by atoms with Crippen LogP contribution in [0.4, 0.5) is 11.8 Å². The second-order valence-electron chi connectivity index (χ2n) is 7.65. The summed E-state index contributed by atoms with van der Waals surface area (Å²) in [5.74, 6) is 4.19. The second-order valence-corrected chi connectivity index (χ2v) is 7.65. The van der Waals surface area contributed by atoms with Gasteiger partial charge in [-0.2, -0.15) is 4.98 Å². The Morgan fingerprint density at radius 1 is 1.11 bits per heavy atom. The first kappa shape index (κ1) is 18.2. The predicted molar refractivity (Wildman–Crippen MR) is 106 cm³/mol. The maximum absolute atomic E-state index is 4.60. The van der Waals surface area contributed by atoms with Gasteiger partial charge in [-0.15, -0.1) is 10.2 Å². The Labute approximate surface area is 161 Å². The lowest BCUT2D eigenvalue weighted by molar-refractivity contribution is 0.213. The monoisotopic (exact) mass is 370 g/mol. The van der Waals surface area contributed by atoms with Crippen molar-refractivity contribution in [3.63, 3.8) is 0 Å². The maximum Gasteiger partial charge on any atom is 0.227 e. The Kier molecular flexibility index (Phi) is 5.52. The van der Waals surface area contributed by atoms with Gasteiger partial charge in [0.2, 0.25) is 5.95 Å². The van der Waals surface area contributed by atoms with Gasteiger partial charge in [-0.3, -0.25) is 4.90 Å². The second kappa shape index (κ2) is 8.21. The summed E-state index contributed by atoms with van der Waals surface area (Å²) >= 11 is 0. The van der Waals surface area contributed by atoms with Crippen molar-refractivity contribution in [1.29, 1.82) is 0 Å². The van der Waals surface area contributed by atoms with E-state index in [9.17, 15) is 0 Å². The van der Waals surface area contributed by atoms with Gasteiger partial charge in [-0.1, -0.05) is 6.42 Å². The molecule has 4 rings (SSSR count). The van der Waals surface area contributed by atoms with E-state index in [1.54, 1.807) is 0 Å². The first-order valence-electron chi connectivity index (χ1n) is 10.1. The first-order valence-corrected chi connectivity index (χ1v) is 10.1. The molecule has 2 aliphatic rings. The summed E-state index contributed by atoms with van der Waals surface area (Å²) < 4.78 is 2.22. The molecule has 0 radical (unpaired) electrons. The van der Waals surface area contributed by atoms with Crippen molar-refractivity contribution >= 4 is 11.8 Å². The summed E-state index contributed by atoms with van der Waals surface area (Å²) in [5, 5.41) is 12.2. The molecule has 146 valence electrons. The van der Waals surface area contributed by atoms with E-state index >= 15 is 0 Å². The molecule has 2 saturated heterocycles. The highest BCUT2D eigenvalue weighted by Crippen LogP contribution is 2.28. The summed E-state index contributed by atoms with van der Waals surface area (Å²) in [5.41, 5.74) is 0. The van der Waals surface area contributed by atoms with Gasteiger partial charge >= 0.3 is 0 Å². The highest BCUT2D eigenvalue weighted by molar-refractivity contribution is 5.41. The molecule has 8 nitrogen and oxygen atoms in total. The van der Waals surface area contributed by atoms with Crippen LogP contribution in [-0.4, -0.2) is 62.9 Å². The first-order chi connectivity index (χ1) is 13.2. The van der Waals surface area contributed by atoms with E-state index in [2.05, 4.69) is 46.9 Å². The van der Waals surface area contributed by atoms with Crippen molar-refractivity contribution in [3.05, 3.63) is 23.9 Å². The van der Waals surface area contributed by atoms with Crippen LogP contribution < -0.4 is 10.2 Å². The molecule has 0 saturated carbocycles. The van der Waals surface area contributed by atoms with E-state index in [1.165, 1.54) is 32.4 Å². The zero-order chi connectivity index (χ0) is 18.6.